The molecule has 5 atom stereocenters. The minimum atomic E-state index is 0.177. The highest BCUT2D eigenvalue weighted by molar-refractivity contribution is 5.79. The van der Waals surface area contributed by atoms with E-state index in [1.165, 1.54) is 6.42 Å². The van der Waals surface area contributed by atoms with Crippen LogP contribution in [-0.4, -0.2) is 29.4 Å². The molecule has 2 rings (SSSR count). The van der Waals surface area contributed by atoms with Crippen molar-refractivity contribution in [2.24, 2.45) is 23.5 Å². The summed E-state index contributed by atoms with van der Waals surface area (Å²) < 4.78 is 0. The average Bonchev–Trinajstić information content (AvgIpc) is 2.30. The molecule has 0 radical (unpaired) electrons. The van der Waals surface area contributed by atoms with E-state index in [0.29, 0.717) is 23.8 Å². The van der Waals surface area contributed by atoms with Gasteiger partial charge in [-0.2, -0.15) is 0 Å². The van der Waals surface area contributed by atoms with E-state index in [0.717, 1.165) is 32.2 Å². The van der Waals surface area contributed by atoms with Crippen LogP contribution in [0.2, 0.25) is 0 Å². The molecule has 0 aromatic rings. The van der Waals surface area contributed by atoms with Gasteiger partial charge in [-0.25, -0.2) is 0 Å². The second-order valence-electron chi connectivity index (χ2n) is 6.66. The Bertz CT molecular complexity index is 295. The molecule has 3 heteroatoms. The van der Waals surface area contributed by atoms with Gasteiger partial charge in [0.2, 0.25) is 5.91 Å². The molecule has 0 aromatic heterocycles. The van der Waals surface area contributed by atoms with Crippen molar-refractivity contribution in [3.05, 3.63) is 0 Å². The second-order valence-corrected chi connectivity index (χ2v) is 6.66. The van der Waals surface area contributed by atoms with Gasteiger partial charge in [-0.05, 0) is 50.9 Å². The van der Waals surface area contributed by atoms with E-state index in [2.05, 4.69) is 25.7 Å². The summed E-state index contributed by atoms with van der Waals surface area (Å²) in [7, 11) is 0. The maximum Gasteiger partial charge on any atom is 0.225 e. The van der Waals surface area contributed by atoms with Crippen molar-refractivity contribution in [1.29, 1.82) is 0 Å². The third kappa shape index (κ3) is 2.87. The van der Waals surface area contributed by atoms with E-state index in [1.807, 2.05) is 0 Å². The van der Waals surface area contributed by atoms with Crippen molar-refractivity contribution in [2.45, 2.75) is 65.0 Å². The van der Waals surface area contributed by atoms with Gasteiger partial charge in [0.25, 0.3) is 0 Å². The summed E-state index contributed by atoms with van der Waals surface area (Å²) in [4.78, 5) is 14.8. The Labute approximate surface area is 111 Å². The first-order valence-corrected chi connectivity index (χ1v) is 7.55. The highest BCUT2D eigenvalue weighted by atomic mass is 16.2. The van der Waals surface area contributed by atoms with E-state index < -0.39 is 0 Å². The molecule has 2 N–H and O–H groups in total. The number of amides is 1. The van der Waals surface area contributed by atoms with E-state index in [4.69, 9.17) is 5.73 Å². The third-order valence-electron chi connectivity index (χ3n) is 4.99. The van der Waals surface area contributed by atoms with Crippen LogP contribution in [-0.2, 0) is 4.79 Å². The zero-order chi connectivity index (χ0) is 13.3. The number of nitrogens with zero attached hydrogens (tertiary/aromatic N) is 1. The fourth-order valence-corrected chi connectivity index (χ4v) is 3.74. The minimum absolute atomic E-state index is 0.177. The predicted molar refractivity (Wildman–Crippen MR) is 74.1 cm³/mol. The van der Waals surface area contributed by atoms with E-state index >= 15 is 0 Å². The molecule has 1 aliphatic carbocycles. The largest absolute Gasteiger partial charge is 0.339 e. The monoisotopic (exact) mass is 252 g/mol. The molecule has 1 saturated heterocycles. The summed E-state index contributed by atoms with van der Waals surface area (Å²) in [5, 5.41) is 0. The minimum Gasteiger partial charge on any atom is -0.339 e. The van der Waals surface area contributed by atoms with Gasteiger partial charge in [-0.15, -0.1) is 0 Å². The average molecular weight is 252 g/mol. The number of likely N-dealkylation sites (tertiary alicyclic amines) is 1. The molecule has 0 spiro atoms. The fraction of sp³-hybridized carbons (Fsp3) is 0.933. The number of carbonyl (C=O) groups is 1. The van der Waals surface area contributed by atoms with Gasteiger partial charge in [0.1, 0.15) is 0 Å². The third-order valence-corrected chi connectivity index (χ3v) is 4.99. The number of hydrogen-bond acceptors (Lipinski definition) is 2. The van der Waals surface area contributed by atoms with E-state index in [9.17, 15) is 4.79 Å². The molecule has 2 aliphatic rings. The highest BCUT2D eigenvalue weighted by Gasteiger charge is 2.35. The summed E-state index contributed by atoms with van der Waals surface area (Å²) in [6.07, 6.45) is 5.41. The SMILES string of the molecule is CC1CC(N)CC(C(=O)N2CCCC(C)C2C)C1. The molecule has 1 saturated carbocycles. The van der Waals surface area contributed by atoms with Gasteiger partial charge in [0.15, 0.2) is 0 Å². The van der Waals surface area contributed by atoms with Crippen LogP contribution in [0.5, 0.6) is 0 Å². The Morgan fingerprint density at radius 3 is 2.56 bits per heavy atom. The van der Waals surface area contributed by atoms with Crippen LogP contribution < -0.4 is 5.73 Å². The quantitative estimate of drug-likeness (QED) is 0.779. The van der Waals surface area contributed by atoms with Crippen molar-refractivity contribution in [3.8, 4) is 0 Å². The lowest BCUT2D eigenvalue weighted by Crippen LogP contribution is -2.50. The molecule has 104 valence electrons. The molecular formula is C15H28N2O. The van der Waals surface area contributed by atoms with Crippen LogP contribution in [0, 0.1) is 17.8 Å². The number of carbonyl (C=O) groups excluding carboxylic acids is 1. The van der Waals surface area contributed by atoms with Crippen molar-refractivity contribution < 1.29 is 4.79 Å². The molecule has 0 bridgehead atoms. The first kappa shape index (κ1) is 13.9. The summed E-state index contributed by atoms with van der Waals surface area (Å²) in [5.74, 6) is 1.78. The number of rotatable bonds is 1. The molecule has 1 amide bonds. The Morgan fingerprint density at radius 2 is 1.89 bits per heavy atom. The number of hydrogen-bond donors (Lipinski definition) is 1. The van der Waals surface area contributed by atoms with E-state index in [1.54, 1.807) is 0 Å². The van der Waals surface area contributed by atoms with Crippen molar-refractivity contribution in [3.63, 3.8) is 0 Å². The van der Waals surface area contributed by atoms with Gasteiger partial charge in [0, 0.05) is 24.5 Å². The summed E-state index contributed by atoms with van der Waals surface area (Å²) >= 11 is 0. The van der Waals surface area contributed by atoms with Gasteiger partial charge in [0.05, 0.1) is 0 Å². The first-order valence-electron chi connectivity index (χ1n) is 7.55. The van der Waals surface area contributed by atoms with Crippen molar-refractivity contribution in [2.75, 3.05) is 6.54 Å². The number of nitrogens with two attached hydrogens (primary N) is 1. The molecule has 18 heavy (non-hydrogen) atoms. The van der Waals surface area contributed by atoms with E-state index in [-0.39, 0.29) is 12.0 Å². The molecule has 1 heterocycles. The van der Waals surface area contributed by atoms with Gasteiger partial charge in [-0.3, -0.25) is 4.79 Å². The smallest absolute Gasteiger partial charge is 0.225 e. The lowest BCUT2D eigenvalue weighted by atomic mass is 9.78. The van der Waals surface area contributed by atoms with Gasteiger partial charge < -0.3 is 10.6 Å². The van der Waals surface area contributed by atoms with Crippen LogP contribution in [0.25, 0.3) is 0 Å². The maximum atomic E-state index is 12.7. The molecule has 3 nitrogen and oxygen atoms in total. The van der Waals surface area contributed by atoms with Gasteiger partial charge >= 0.3 is 0 Å². The van der Waals surface area contributed by atoms with Crippen LogP contribution >= 0.6 is 0 Å². The standard InChI is InChI=1S/C15H28N2O/c1-10-7-13(9-14(16)8-10)15(18)17-6-4-5-11(2)12(17)3/h10-14H,4-9,16H2,1-3H3. The highest BCUT2D eigenvalue weighted by Crippen LogP contribution is 2.32. The second kappa shape index (κ2) is 5.60. The predicted octanol–water partition coefficient (Wildman–Crippen LogP) is 2.40. The lowest BCUT2D eigenvalue weighted by Gasteiger charge is -2.41. The summed E-state index contributed by atoms with van der Waals surface area (Å²) in [5.41, 5.74) is 6.07. The van der Waals surface area contributed by atoms with Crippen molar-refractivity contribution in [1.82, 2.24) is 4.90 Å². The van der Waals surface area contributed by atoms with Crippen molar-refractivity contribution >= 4 is 5.91 Å². The zero-order valence-corrected chi connectivity index (χ0v) is 12.1. The number of piperidine rings is 1. The topological polar surface area (TPSA) is 46.3 Å². The zero-order valence-electron chi connectivity index (χ0n) is 12.1. The Balaban J connectivity index is 2.01. The molecule has 1 aliphatic heterocycles. The van der Waals surface area contributed by atoms with Crippen LogP contribution in [0.1, 0.15) is 52.9 Å². The van der Waals surface area contributed by atoms with Crippen LogP contribution in [0.4, 0.5) is 0 Å². The Morgan fingerprint density at radius 1 is 1.17 bits per heavy atom. The lowest BCUT2D eigenvalue weighted by molar-refractivity contribution is -0.142. The Kier molecular flexibility index (Phi) is 4.31. The molecule has 5 unspecified atom stereocenters. The summed E-state index contributed by atoms with van der Waals surface area (Å²) in [6.45, 7) is 7.64. The summed E-state index contributed by atoms with van der Waals surface area (Å²) in [6, 6.07) is 0.625. The maximum absolute atomic E-state index is 12.7. The molecule has 0 aromatic carbocycles. The normalized spacial score (nSPS) is 41.8. The fourth-order valence-electron chi connectivity index (χ4n) is 3.74. The van der Waals surface area contributed by atoms with Gasteiger partial charge in [-0.1, -0.05) is 13.8 Å². The van der Waals surface area contributed by atoms with Crippen LogP contribution in [0.15, 0.2) is 0 Å². The molecular weight excluding hydrogens is 224 g/mol. The van der Waals surface area contributed by atoms with Crippen LogP contribution in [0.3, 0.4) is 0 Å². The Hall–Kier alpha value is -0.570. The first-order chi connectivity index (χ1) is 8.49. The molecule has 2 fully saturated rings.